The Kier molecular flexibility index (Phi) is 6.67. The van der Waals surface area contributed by atoms with Crippen molar-refractivity contribution in [2.24, 2.45) is 0 Å². The lowest BCUT2D eigenvalue weighted by atomic mass is 9.95. The minimum absolute atomic E-state index is 0.0232. The number of benzene rings is 2. The predicted octanol–water partition coefficient (Wildman–Crippen LogP) is 5.32. The fourth-order valence-electron chi connectivity index (χ4n) is 4.83. The van der Waals surface area contributed by atoms with Gasteiger partial charge in [0.05, 0.1) is 18.4 Å². The number of hydrogen-bond donors (Lipinski definition) is 1. The number of Topliss-reactive ketones (excluding diaryl/α,β-unsaturated/α-hetero) is 1. The molecule has 1 amide bonds. The van der Waals surface area contributed by atoms with Crippen LogP contribution in [0.5, 0.6) is 5.75 Å². The Bertz CT molecular complexity index is 1220. The lowest BCUT2D eigenvalue weighted by Gasteiger charge is -2.26. The van der Waals surface area contributed by atoms with Gasteiger partial charge in [0.1, 0.15) is 5.75 Å². The molecule has 2 aromatic carbocycles. The van der Waals surface area contributed by atoms with Crippen molar-refractivity contribution >= 4 is 29.1 Å². The maximum atomic E-state index is 13.0. The monoisotopic (exact) mass is 476 g/mol. The molecule has 1 aliphatic heterocycles. The number of aryl methyl sites for hydroxylation is 1. The largest absolute Gasteiger partial charge is 0.496 e. The molecule has 1 aromatic heterocycles. The Morgan fingerprint density at radius 1 is 1.12 bits per heavy atom. The normalized spacial score (nSPS) is 16.1. The van der Waals surface area contributed by atoms with Crippen LogP contribution in [0.25, 0.3) is 11.4 Å². The summed E-state index contributed by atoms with van der Waals surface area (Å²) < 4.78 is 7.81. The van der Waals surface area contributed by atoms with E-state index in [1.54, 1.807) is 13.2 Å². The first kappa shape index (κ1) is 22.7. The molecule has 0 radical (unpaired) electrons. The summed E-state index contributed by atoms with van der Waals surface area (Å²) in [6.45, 7) is 0. The third-order valence-electron chi connectivity index (χ3n) is 6.61. The lowest BCUT2D eigenvalue weighted by molar-refractivity contribution is -0.116. The van der Waals surface area contributed by atoms with Crippen LogP contribution in [-0.4, -0.2) is 39.3 Å². The zero-order chi connectivity index (χ0) is 23.5. The summed E-state index contributed by atoms with van der Waals surface area (Å²) in [4.78, 5) is 24.7. The second-order valence-electron chi connectivity index (χ2n) is 8.80. The number of thioether (sulfide) groups is 1. The topological polar surface area (TPSA) is 86.1 Å². The molecule has 0 spiro atoms. The quantitative estimate of drug-likeness (QED) is 0.367. The number of carbonyl (C=O) groups is 2. The molecule has 3 aromatic rings. The number of amides is 1. The molecule has 0 atom stereocenters. The molecule has 2 heterocycles. The zero-order valence-corrected chi connectivity index (χ0v) is 20.1. The maximum absolute atomic E-state index is 13.0. The van der Waals surface area contributed by atoms with Crippen LogP contribution in [-0.2, 0) is 11.2 Å². The summed E-state index contributed by atoms with van der Waals surface area (Å²) in [5, 5.41) is 12.7. The molecule has 0 unspecified atom stereocenters. The standard InChI is InChI=1S/C26H28N4O3S/c1-33-23-10-6-5-9-20(23)25-28-29-26(30(25)19-7-3-2-4-8-19)34-16-22(31)18-11-13-21-17(15-18)12-14-24(32)27-21/h5-6,9-11,13,15,19H,2-4,7-8,12,14,16H2,1H3,(H,27,32). The van der Waals surface area contributed by atoms with Crippen molar-refractivity contribution in [1.29, 1.82) is 0 Å². The molecule has 1 fully saturated rings. The van der Waals surface area contributed by atoms with Gasteiger partial charge in [0, 0.05) is 23.7 Å². The highest BCUT2D eigenvalue weighted by Crippen LogP contribution is 2.38. The van der Waals surface area contributed by atoms with Gasteiger partial charge in [-0.2, -0.15) is 0 Å². The van der Waals surface area contributed by atoms with E-state index in [9.17, 15) is 9.59 Å². The van der Waals surface area contributed by atoms with Gasteiger partial charge < -0.3 is 10.1 Å². The second-order valence-corrected chi connectivity index (χ2v) is 9.74. The average Bonchev–Trinajstić information content (AvgIpc) is 3.31. The number of para-hydroxylation sites is 1. The summed E-state index contributed by atoms with van der Waals surface area (Å²) in [5.74, 6) is 1.91. The third kappa shape index (κ3) is 4.59. The number of aromatic nitrogens is 3. The van der Waals surface area contributed by atoms with Crippen LogP contribution in [0, 0.1) is 0 Å². The van der Waals surface area contributed by atoms with Crippen LogP contribution >= 0.6 is 11.8 Å². The van der Waals surface area contributed by atoms with Crippen LogP contribution in [0.1, 0.15) is 60.5 Å². The van der Waals surface area contributed by atoms with E-state index in [2.05, 4.69) is 20.1 Å². The number of ether oxygens (including phenoxy) is 1. The summed E-state index contributed by atoms with van der Waals surface area (Å²) >= 11 is 1.44. The van der Waals surface area contributed by atoms with Crippen LogP contribution in [0.4, 0.5) is 5.69 Å². The Labute approximate surface area is 203 Å². The molecule has 0 saturated heterocycles. The molecular weight excluding hydrogens is 448 g/mol. The first-order valence-corrected chi connectivity index (χ1v) is 12.8. The highest BCUT2D eigenvalue weighted by molar-refractivity contribution is 7.99. The first-order valence-electron chi connectivity index (χ1n) is 11.8. The van der Waals surface area contributed by atoms with E-state index < -0.39 is 0 Å². The van der Waals surface area contributed by atoms with Crippen molar-refractivity contribution in [2.45, 2.75) is 56.1 Å². The SMILES string of the molecule is COc1ccccc1-c1nnc(SCC(=O)c2ccc3c(c2)CCC(=O)N3)n1C1CCCCC1. The van der Waals surface area contributed by atoms with Gasteiger partial charge in [-0.25, -0.2) is 0 Å². The number of methoxy groups -OCH3 is 1. The van der Waals surface area contributed by atoms with Gasteiger partial charge in [0.25, 0.3) is 0 Å². The number of nitrogens with zero attached hydrogens (tertiary/aromatic N) is 3. The molecule has 176 valence electrons. The number of carbonyl (C=O) groups excluding carboxylic acids is 2. The maximum Gasteiger partial charge on any atom is 0.224 e. The molecule has 1 saturated carbocycles. The van der Waals surface area contributed by atoms with Crippen LogP contribution in [0.2, 0.25) is 0 Å². The molecule has 8 heteroatoms. The molecule has 7 nitrogen and oxygen atoms in total. The van der Waals surface area contributed by atoms with Crippen molar-refractivity contribution in [2.75, 3.05) is 18.2 Å². The number of nitrogens with one attached hydrogen (secondary N) is 1. The molecule has 2 aliphatic rings. The fourth-order valence-corrected chi connectivity index (χ4v) is 5.73. The van der Waals surface area contributed by atoms with E-state index in [-0.39, 0.29) is 17.4 Å². The lowest BCUT2D eigenvalue weighted by Crippen LogP contribution is -2.19. The van der Waals surface area contributed by atoms with E-state index >= 15 is 0 Å². The minimum Gasteiger partial charge on any atom is -0.496 e. The van der Waals surface area contributed by atoms with Crippen molar-refractivity contribution < 1.29 is 14.3 Å². The van der Waals surface area contributed by atoms with E-state index in [0.717, 1.165) is 46.4 Å². The molecular formula is C26H28N4O3S. The van der Waals surface area contributed by atoms with Crippen LogP contribution < -0.4 is 10.1 Å². The van der Waals surface area contributed by atoms with E-state index in [1.165, 1.54) is 31.0 Å². The molecule has 34 heavy (non-hydrogen) atoms. The fraction of sp³-hybridized carbons (Fsp3) is 0.385. The van der Waals surface area contributed by atoms with E-state index in [4.69, 9.17) is 4.74 Å². The van der Waals surface area contributed by atoms with Crippen molar-refractivity contribution in [1.82, 2.24) is 14.8 Å². The Balaban J connectivity index is 1.40. The highest BCUT2D eigenvalue weighted by Gasteiger charge is 2.26. The smallest absolute Gasteiger partial charge is 0.224 e. The third-order valence-corrected chi connectivity index (χ3v) is 7.55. The number of ketones is 1. The number of hydrogen-bond acceptors (Lipinski definition) is 6. The second kappa shape index (κ2) is 10.0. The molecule has 1 N–H and O–H groups in total. The number of anilines is 1. The van der Waals surface area contributed by atoms with E-state index in [1.807, 2.05) is 36.4 Å². The van der Waals surface area contributed by atoms with Gasteiger partial charge in [-0.05, 0) is 55.2 Å². The van der Waals surface area contributed by atoms with Gasteiger partial charge in [-0.1, -0.05) is 43.2 Å². The Morgan fingerprint density at radius 2 is 1.94 bits per heavy atom. The molecule has 1 aliphatic carbocycles. The van der Waals surface area contributed by atoms with Crippen LogP contribution in [0.15, 0.2) is 47.6 Å². The Morgan fingerprint density at radius 3 is 2.76 bits per heavy atom. The summed E-state index contributed by atoms with van der Waals surface area (Å²) in [7, 11) is 1.67. The summed E-state index contributed by atoms with van der Waals surface area (Å²) in [6, 6.07) is 13.7. The van der Waals surface area contributed by atoms with Crippen molar-refractivity contribution in [3.8, 4) is 17.1 Å². The van der Waals surface area contributed by atoms with Gasteiger partial charge in [-0.15, -0.1) is 10.2 Å². The van der Waals surface area contributed by atoms with Gasteiger partial charge >= 0.3 is 0 Å². The highest BCUT2D eigenvalue weighted by atomic mass is 32.2. The number of rotatable bonds is 7. The van der Waals surface area contributed by atoms with Gasteiger partial charge in [-0.3, -0.25) is 14.2 Å². The Hall–Kier alpha value is -3.13. The predicted molar refractivity (Wildman–Crippen MR) is 133 cm³/mol. The summed E-state index contributed by atoms with van der Waals surface area (Å²) in [6.07, 6.45) is 6.90. The van der Waals surface area contributed by atoms with Crippen molar-refractivity contribution in [3.05, 3.63) is 53.6 Å². The number of fused-ring (bicyclic) bond motifs is 1. The van der Waals surface area contributed by atoms with Crippen LogP contribution in [0.3, 0.4) is 0 Å². The van der Waals surface area contributed by atoms with E-state index in [0.29, 0.717) is 24.4 Å². The van der Waals surface area contributed by atoms with Gasteiger partial charge in [0.15, 0.2) is 16.8 Å². The average molecular weight is 477 g/mol. The molecule has 0 bridgehead atoms. The van der Waals surface area contributed by atoms with Crippen molar-refractivity contribution in [3.63, 3.8) is 0 Å². The first-order chi connectivity index (χ1) is 16.6. The van der Waals surface area contributed by atoms with Gasteiger partial charge in [0.2, 0.25) is 5.91 Å². The molecule has 5 rings (SSSR count). The summed E-state index contributed by atoms with van der Waals surface area (Å²) in [5.41, 5.74) is 3.40. The zero-order valence-electron chi connectivity index (χ0n) is 19.3. The minimum atomic E-state index is 0.0232.